The molecule has 0 bridgehead atoms. The minimum Gasteiger partial charge on any atom is -0.363 e. The number of carbonyl (C=O) groups is 1. The van der Waals surface area contributed by atoms with Crippen LogP contribution in [0.15, 0.2) is 24.3 Å². The lowest BCUT2D eigenvalue weighted by Gasteiger charge is -2.32. The van der Waals surface area contributed by atoms with Gasteiger partial charge in [0.05, 0.1) is 6.54 Å². The van der Waals surface area contributed by atoms with Crippen molar-refractivity contribution in [3.8, 4) is 0 Å². The number of benzene rings is 1. The number of carbonyl (C=O) groups excluding carboxylic acids is 1. The summed E-state index contributed by atoms with van der Waals surface area (Å²) in [6, 6.07) is 7.32. The van der Waals surface area contributed by atoms with E-state index in [-0.39, 0.29) is 25.5 Å². The molecule has 1 aliphatic heterocycles. The number of amides is 1. The van der Waals surface area contributed by atoms with Crippen molar-refractivity contribution >= 4 is 22.0 Å². The van der Waals surface area contributed by atoms with Crippen LogP contribution in [-0.2, 0) is 21.6 Å². The molecule has 23 heavy (non-hydrogen) atoms. The van der Waals surface area contributed by atoms with Crippen LogP contribution in [0.2, 0.25) is 0 Å². The van der Waals surface area contributed by atoms with Gasteiger partial charge in [0.25, 0.3) is 0 Å². The van der Waals surface area contributed by atoms with Crippen LogP contribution in [0.25, 0.3) is 0 Å². The molecule has 0 aliphatic carbocycles. The summed E-state index contributed by atoms with van der Waals surface area (Å²) in [5, 5.41) is 7.90. The van der Waals surface area contributed by atoms with Gasteiger partial charge in [-0.25, -0.2) is 0 Å². The van der Waals surface area contributed by atoms with Crippen LogP contribution in [0.4, 0.5) is 0 Å². The van der Waals surface area contributed by atoms with Crippen molar-refractivity contribution < 1.29 is 17.8 Å². The van der Waals surface area contributed by atoms with Gasteiger partial charge in [-0.05, 0) is 5.56 Å². The molecule has 0 unspecified atom stereocenters. The lowest BCUT2D eigenvalue weighted by Crippen LogP contribution is -2.51. The van der Waals surface area contributed by atoms with Crippen LogP contribution < -0.4 is 0 Å². The predicted octanol–water partition coefficient (Wildman–Crippen LogP) is 0.0206. The van der Waals surface area contributed by atoms with Crippen molar-refractivity contribution in [1.29, 1.82) is 5.41 Å². The van der Waals surface area contributed by atoms with E-state index in [0.29, 0.717) is 12.4 Å². The van der Waals surface area contributed by atoms with Crippen molar-refractivity contribution in [3.05, 3.63) is 35.4 Å². The highest BCUT2D eigenvalue weighted by atomic mass is 32.2. The van der Waals surface area contributed by atoms with E-state index in [1.807, 2.05) is 24.3 Å². The van der Waals surface area contributed by atoms with E-state index in [9.17, 15) is 13.2 Å². The Morgan fingerprint density at radius 1 is 1.26 bits per heavy atom. The Morgan fingerprint density at radius 3 is 2.35 bits per heavy atom. The third-order valence-electron chi connectivity index (χ3n) is 3.66. The molecule has 1 amide bonds. The Hall–Kier alpha value is -1.97. The average Bonchev–Trinajstić information content (AvgIpc) is 2.48. The van der Waals surface area contributed by atoms with Crippen LogP contribution in [0.1, 0.15) is 11.1 Å². The molecule has 1 aromatic carbocycles. The average molecular weight is 340 g/mol. The van der Waals surface area contributed by atoms with Crippen molar-refractivity contribution in [2.45, 2.75) is 6.54 Å². The van der Waals surface area contributed by atoms with E-state index in [2.05, 4.69) is 0 Å². The largest absolute Gasteiger partial charge is 0.363 e. The Morgan fingerprint density at radius 2 is 1.87 bits per heavy atom. The monoisotopic (exact) mass is 340 g/mol. The zero-order valence-electron chi connectivity index (χ0n) is 13.1. The summed E-state index contributed by atoms with van der Waals surface area (Å²) in [6.45, 7) is 0.331. The van der Waals surface area contributed by atoms with Gasteiger partial charge < -0.3 is 9.80 Å². The molecule has 1 aliphatic rings. The van der Waals surface area contributed by atoms with E-state index < -0.39 is 10.3 Å². The molecular formula is C14H20N4O4S. The minimum atomic E-state index is -4.32. The first-order chi connectivity index (χ1) is 10.7. The highest BCUT2D eigenvalue weighted by Gasteiger charge is 2.30. The minimum absolute atomic E-state index is 0.0773. The second kappa shape index (κ2) is 6.65. The molecule has 0 radical (unpaired) electrons. The van der Waals surface area contributed by atoms with Crippen LogP contribution >= 0.6 is 0 Å². The SMILES string of the molecule is CN(C)C(=N)c1ccc(CN2CCN(S(=O)(=O)O)CC2=O)cc1. The molecule has 1 heterocycles. The van der Waals surface area contributed by atoms with Crippen molar-refractivity contribution in [2.75, 3.05) is 33.7 Å². The highest BCUT2D eigenvalue weighted by Crippen LogP contribution is 2.13. The standard InChI is InChI=1S/C14H20N4O4S/c1-16(2)14(15)12-5-3-11(4-6-12)9-17-7-8-18(10-13(17)19)23(20,21)22/h3-6,15H,7-10H2,1-2H3,(H,20,21,22). The van der Waals surface area contributed by atoms with Gasteiger partial charge in [0.2, 0.25) is 5.91 Å². The van der Waals surface area contributed by atoms with Crippen molar-refractivity contribution in [1.82, 2.24) is 14.1 Å². The summed E-state index contributed by atoms with van der Waals surface area (Å²) in [6.07, 6.45) is 0. The number of amidine groups is 1. The molecule has 0 aromatic heterocycles. The normalized spacial score (nSPS) is 16.5. The third-order valence-corrected chi connectivity index (χ3v) is 4.62. The topological polar surface area (TPSA) is 105 Å². The maximum Gasteiger partial charge on any atom is 0.336 e. The summed E-state index contributed by atoms with van der Waals surface area (Å²) in [4.78, 5) is 15.2. The molecule has 8 nitrogen and oxygen atoms in total. The number of hydrogen-bond donors (Lipinski definition) is 2. The second-order valence-electron chi connectivity index (χ2n) is 5.57. The van der Waals surface area contributed by atoms with Crippen LogP contribution in [0.5, 0.6) is 0 Å². The molecule has 0 saturated carbocycles. The number of nitrogens with one attached hydrogen (secondary N) is 1. The molecule has 1 fully saturated rings. The molecule has 1 saturated heterocycles. The van der Waals surface area contributed by atoms with Gasteiger partial charge in [-0.15, -0.1) is 0 Å². The van der Waals surface area contributed by atoms with Gasteiger partial charge in [-0.1, -0.05) is 24.3 Å². The summed E-state index contributed by atoms with van der Waals surface area (Å²) in [7, 11) is -0.730. The quantitative estimate of drug-likeness (QED) is 0.457. The predicted molar refractivity (Wildman–Crippen MR) is 85.5 cm³/mol. The summed E-state index contributed by atoms with van der Waals surface area (Å²) in [5.41, 5.74) is 1.68. The Balaban J connectivity index is 2.01. The molecule has 9 heteroatoms. The highest BCUT2D eigenvalue weighted by molar-refractivity contribution is 7.83. The number of rotatable bonds is 4. The summed E-state index contributed by atoms with van der Waals surface area (Å²) < 4.78 is 31.8. The van der Waals surface area contributed by atoms with Gasteiger partial charge in [-0.2, -0.15) is 12.7 Å². The van der Waals surface area contributed by atoms with Crippen molar-refractivity contribution in [2.24, 2.45) is 0 Å². The lowest BCUT2D eigenvalue weighted by molar-refractivity contribution is -0.134. The molecule has 0 spiro atoms. The van der Waals surface area contributed by atoms with E-state index >= 15 is 0 Å². The van der Waals surface area contributed by atoms with E-state index in [4.69, 9.17) is 9.96 Å². The molecule has 0 atom stereocenters. The third kappa shape index (κ3) is 4.27. The zero-order valence-corrected chi connectivity index (χ0v) is 13.9. The first kappa shape index (κ1) is 17.4. The molecule has 2 rings (SSSR count). The van der Waals surface area contributed by atoms with Gasteiger partial charge in [0.1, 0.15) is 5.84 Å². The van der Waals surface area contributed by atoms with Gasteiger partial charge >= 0.3 is 10.3 Å². The van der Waals surface area contributed by atoms with E-state index in [1.165, 1.54) is 0 Å². The van der Waals surface area contributed by atoms with Gasteiger partial charge in [0.15, 0.2) is 0 Å². The smallest absolute Gasteiger partial charge is 0.336 e. The fourth-order valence-corrected chi connectivity index (χ4v) is 2.88. The number of nitrogens with zero attached hydrogens (tertiary/aromatic N) is 3. The number of piperazine rings is 1. The zero-order chi connectivity index (χ0) is 17.2. The Labute approximate surface area is 135 Å². The second-order valence-corrected chi connectivity index (χ2v) is 6.98. The maximum absolute atomic E-state index is 12.0. The van der Waals surface area contributed by atoms with Gasteiger partial charge in [0, 0.05) is 39.3 Å². The van der Waals surface area contributed by atoms with Crippen molar-refractivity contribution in [3.63, 3.8) is 0 Å². The molecule has 2 N–H and O–H groups in total. The van der Waals surface area contributed by atoms with Gasteiger partial charge in [-0.3, -0.25) is 14.8 Å². The van der Waals surface area contributed by atoms with Crippen LogP contribution in [0.3, 0.4) is 0 Å². The first-order valence-corrected chi connectivity index (χ1v) is 8.43. The number of hydrogen-bond acceptors (Lipinski definition) is 4. The fourth-order valence-electron chi connectivity index (χ4n) is 2.30. The maximum atomic E-state index is 12.0. The summed E-state index contributed by atoms with van der Waals surface area (Å²) >= 11 is 0. The lowest BCUT2D eigenvalue weighted by atomic mass is 10.1. The molecule has 1 aromatic rings. The summed E-state index contributed by atoms with van der Waals surface area (Å²) in [5.74, 6) is 0.0494. The Kier molecular flexibility index (Phi) is 5.03. The molecular weight excluding hydrogens is 320 g/mol. The van der Waals surface area contributed by atoms with Crippen LogP contribution in [-0.4, -0.2) is 72.5 Å². The van der Waals surface area contributed by atoms with E-state index in [1.54, 1.807) is 23.9 Å². The molecule has 126 valence electrons. The van der Waals surface area contributed by atoms with Crippen LogP contribution in [0, 0.1) is 5.41 Å². The fraction of sp³-hybridized carbons (Fsp3) is 0.429. The first-order valence-electron chi connectivity index (χ1n) is 7.04. The van der Waals surface area contributed by atoms with E-state index in [0.717, 1.165) is 15.4 Å². The Bertz CT molecular complexity index is 700.